The molecule has 3 aromatic rings. The zero-order valence-corrected chi connectivity index (χ0v) is 24.1. The average Bonchev–Trinajstić information content (AvgIpc) is 3.29. The number of benzene rings is 3. The predicted molar refractivity (Wildman–Crippen MR) is 157 cm³/mol. The molecule has 0 spiro atoms. The van der Waals surface area contributed by atoms with Crippen molar-refractivity contribution in [1.82, 2.24) is 10.4 Å². The summed E-state index contributed by atoms with van der Waals surface area (Å²) in [5, 5.41) is 15.0. The van der Waals surface area contributed by atoms with E-state index in [1.54, 1.807) is 6.92 Å². The molecule has 0 unspecified atom stereocenters. The molecule has 1 fully saturated rings. The van der Waals surface area contributed by atoms with Crippen molar-refractivity contribution in [2.75, 3.05) is 19.1 Å². The van der Waals surface area contributed by atoms with Crippen LogP contribution in [0.5, 0.6) is 0 Å². The summed E-state index contributed by atoms with van der Waals surface area (Å²) in [5.74, 6) is -2.72. The molecule has 4 rings (SSSR count). The first-order valence-electron chi connectivity index (χ1n) is 13.8. The van der Waals surface area contributed by atoms with Gasteiger partial charge in [0.15, 0.2) is 0 Å². The fourth-order valence-corrected chi connectivity index (χ4v) is 5.80. The van der Waals surface area contributed by atoms with E-state index in [4.69, 9.17) is 4.84 Å². The highest BCUT2D eigenvalue weighted by molar-refractivity contribution is 6.00. The smallest absolute Gasteiger partial charge is 0.300 e. The summed E-state index contributed by atoms with van der Waals surface area (Å²) in [4.78, 5) is 31.7. The second kappa shape index (κ2) is 12.8. The minimum Gasteiger partial charge on any atom is -0.300 e. The van der Waals surface area contributed by atoms with E-state index >= 15 is 0 Å². The molecule has 224 valence electrons. The Morgan fingerprint density at radius 3 is 2.14 bits per heavy atom. The van der Waals surface area contributed by atoms with Crippen molar-refractivity contribution in [2.45, 2.75) is 44.1 Å². The number of carbonyl (C=O) groups excluding carboxylic acids is 2. The van der Waals surface area contributed by atoms with Gasteiger partial charge in [-0.25, -0.2) is 5.06 Å². The zero-order chi connectivity index (χ0) is 31.4. The van der Waals surface area contributed by atoms with E-state index in [1.807, 2.05) is 60.7 Å². The maximum absolute atomic E-state index is 14.3. The van der Waals surface area contributed by atoms with Crippen LogP contribution < -0.4 is 10.2 Å². The lowest BCUT2D eigenvalue weighted by molar-refractivity contribution is -0.171. The molecule has 43 heavy (non-hydrogen) atoms. The molecule has 0 bridgehead atoms. The van der Waals surface area contributed by atoms with Gasteiger partial charge in [-0.1, -0.05) is 85.8 Å². The molecule has 0 radical (unpaired) electrons. The van der Waals surface area contributed by atoms with Gasteiger partial charge in [-0.2, -0.15) is 18.4 Å². The molecule has 0 aromatic heterocycles. The van der Waals surface area contributed by atoms with Crippen molar-refractivity contribution in [3.63, 3.8) is 0 Å². The summed E-state index contributed by atoms with van der Waals surface area (Å²) in [6, 6.07) is 23.8. The van der Waals surface area contributed by atoms with Crippen LogP contribution >= 0.6 is 0 Å². The SMILES string of the molecule is C=C1C[C@H](N(C(=O)C(F)(F)F)c2cccc(C(=O)N(C)OC)c2)[C@@H](NC(c2ccccc2)c2ccccc2)[C@]1(C#N)CC. The highest BCUT2D eigenvalue weighted by Crippen LogP contribution is 2.49. The molecule has 3 aromatic carbocycles. The molecule has 0 aliphatic heterocycles. The van der Waals surface area contributed by atoms with Crippen LogP contribution in [0.4, 0.5) is 18.9 Å². The number of halogens is 3. The van der Waals surface area contributed by atoms with Gasteiger partial charge in [0.05, 0.1) is 36.7 Å². The number of nitriles is 1. The minimum atomic E-state index is -5.24. The average molecular weight is 591 g/mol. The highest BCUT2D eigenvalue weighted by Gasteiger charge is 2.57. The van der Waals surface area contributed by atoms with E-state index in [1.165, 1.54) is 38.4 Å². The molecule has 0 heterocycles. The number of nitrogens with one attached hydrogen (secondary N) is 1. The van der Waals surface area contributed by atoms with Gasteiger partial charge in [0.1, 0.15) is 0 Å². The second-order valence-electron chi connectivity index (χ2n) is 10.4. The molecule has 1 aliphatic carbocycles. The van der Waals surface area contributed by atoms with E-state index < -0.39 is 41.5 Å². The van der Waals surface area contributed by atoms with Crippen LogP contribution in [0.25, 0.3) is 0 Å². The Morgan fingerprint density at radius 1 is 1.07 bits per heavy atom. The number of hydroxylamine groups is 2. The normalized spacial score (nSPS) is 20.1. The Balaban J connectivity index is 1.90. The molecular weight excluding hydrogens is 557 g/mol. The first-order chi connectivity index (χ1) is 20.5. The van der Waals surface area contributed by atoms with Crippen LogP contribution in [0.15, 0.2) is 97.1 Å². The quantitative estimate of drug-likeness (QED) is 0.237. The van der Waals surface area contributed by atoms with Crippen molar-refractivity contribution in [3.8, 4) is 6.07 Å². The van der Waals surface area contributed by atoms with Gasteiger partial charge in [0, 0.05) is 18.3 Å². The van der Waals surface area contributed by atoms with Gasteiger partial charge in [-0.05, 0) is 42.2 Å². The van der Waals surface area contributed by atoms with Gasteiger partial charge in [-0.3, -0.25) is 24.6 Å². The molecule has 1 aliphatic rings. The molecule has 3 atom stereocenters. The van der Waals surface area contributed by atoms with Crippen LogP contribution in [-0.2, 0) is 9.63 Å². The molecule has 1 N–H and O–H groups in total. The largest absolute Gasteiger partial charge is 0.471 e. The van der Waals surface area contributed by atoms with Gasteiger partial charge in [0.25, 0.3) is 5.91 Å². The lowest BCUT2D eigenvalue weighted by Crippen LogP contribution is -2.58. The monoisotopic (exact) mass is 590 g/mol. The van der Waals surface area contributed by atoms with Gasteiger partial charge < -0.3 is 0 Å². The number of anilines is 1. The summed E-state index contributed by atoms with van der Waals surface area (Å²) in [5.41, 5.74) is 0.680. The lowest BCUT2D eigenvalue weighted by Gasteiger charge is -2.40. The van der Waals surface area contributed by atoms with Crippen molar-refractivity contribution < 1.29 is 27.6 Å². The Bertz CT molecular complexity index is 1470. The molecule has 2 amide bonds. The minimum absolute atomic E-state index is 0.0247. The zero-order valence-electron chi connectivity index (χ0n) is 24.1. The highest BCUT2D eigenvalue weighted by atomic mass is 19.4. The molecule has 7 nitrogen and oxygen atoms in total. The maximum atomic E-state index is 14.3. The molecule has 1 saturated carbocycles. The first kappa shape index (κ1) is 31.5. The van der Waals surface area contributed by atoms with E-state index in [0.29, 0.717) is 10.5 Å². The first-order valence-corrected chi connectivity index (χ1v) is 13.8. The number of hydrogen-bond acceptors (Lipinski definition) is 5. The maximum Gasteiger partial charge on any atom is 0.471 e. The third-order valence-corrected chi connectivity index (χ3v) is 8.10. The Hall–Kier alpha value is -4.46. The Kier molecular flexibility index (Phi) is 9.38. The fourth-order valence-electron chi connectivity index (χ4n) is 5.80. The molecule has 10 heteroatoms. The second-order valence-corrected chi connectivity index (χ2v) is 10.4. The lowest BCUT2D eigenvalue weighted by atomic mass is 9.77. The summed E-state index contributed by atoms with van der Waals surface area (Å²) < 4.78 is 42.8. The van der Waals surface area contributed by atoms with E-state index in [-0.39, 0.29) is 24.1 Å². The third kappa shape index (κ3) is 6.19. The standard InChI is InChI=1S/C33H33F3N4O3/c1-5-32(21-37)22(2)19-27(29(32)38-28(23-13-8-6-9-14-23)24-15-10-7-11-16-24)40(31(42)33(34,35)36)26-18-12-17-25(20-26)30(41)39(3)43-4/h6-18,20,27-29,38H,2,5,19H2,1,3-4H3/t27-,29+,32-/m0/s1. The third-order valence-electron chi connectivity index (χ3n) is 8.10. The van der Waals surface area contributed by atoms with Crippen LogP contribution in [0.2, 0.25) is 0 Å². The summed E-state index contributed by atoms with van der Waals surface area (Å²) in [6.07, 6.45) is -5.05. The molecular formula is C33H33F3N4O3. The van der Waals surface area contributed by atoms with Crippen LogP contribution in [0.3, 0.4) is 0 Å². The fraction of sp³-hybridized carbons (Fsp3) is 0.303. The number of amides is 2. The summed E-state index contributed by atoms with van der Waals surface area (Å²) in [7, 11) is 2.65. The topological polar surface area (TPSA) is 85.7 Å². The van der Waals surface area contributed by atoms with Crippen LogP contribution in [-0.4, -0.2) is 49.3 Å². The number of nitrogens with zero attached hydrogens (tertiary/aromatic N) is 3. The number of rotatable bonds is 9. The van der Waals surface area contributed by atoms with Crippen molar-refractivity contribution >= 4 is 17.5 Å². The van der Waals surface area contributed by atoms with Crippen molar-refractivity contribution in [1.29, 1.82) is 5.26 Å². The van der Waals surface area contributed by atoms with E-state index in [0.717, 1.165) is 16.2 Å². The Labute approximate surface area is 249 Å². The van der Waals surface area contributed by atoms with Crippen molar-refractivity contribution in [2.24, 2.45) is 5.41 Å². The number of alkyl halides is 3. The van der Waals surface area contributed by atoms with E-state index in [2.05, 4.69) is 18.0 Å². The van der Waals surface area contributed by atoms with Crippen LogP contribution in [0, 0.1) is 16.7 Å². The summed E-state index contributed by atoms with van der Waals surface area (Å²) in [6.45, 7) is 5.90. The van der Waals surface area contributed by atoms with E-state index in [9.17, 15) is 28.0 Å². The van der Waals surface area contributed by atoms with Gasteiger partial charge in [-0.15, -0.1) is 0 Å². The number of carbonyl (C=O) groups is 2. The van der Waals surface area contributed by atoms with Crippen molar-refractivity contribution in [3.05, 3.63) is 114 Å². The summed E-state index contributed by atoms with van der Waals surface area (Å²) >= 11 is 0. The van der Waals surface area contributed by atoms with Gasteiger partial charge in [0.2, 0.25) is 0 Å². The predicted octanol–water partition coefficient (Wildman–Crippen LogP) is 6.21. The van der Waals surface area contributed by atoms with Gasteiger partial charge >= 0.3 is 12.1 Å². The Morgan fingerprint density at radius 2 is 1.65 bits per heavy atom. The van der Waals surface area contributed by atoms with Crippen LogP contribution in [0.1, 0.15) is 47.3 Å². The number of hydrogen-bond donors (Lipinski definition) is 1. The molecule has 0 saturated heterocycles.